The van der Waals surface area contributed by atoms with Gasteiger partial charge in [-0.1, -0.05) is 141 Å². The van der Waals surface area contributed by atoms with Gasteiger partial charge in [-0.05, 0) is 372 Å². The fourth-order valence-corrected chi connectivity index (χ4v) is 38.9. The highest BCUT2D eigenvalue weighted by atomic mass is 16.7. The number of urea groups is 3. The molecule has 21 fully saturated rings. The van der Waals surface area contributed by atoms with Crippen LogP contribution in [-0.2, 0) is 42.7 Å². The average molecular weight is 1970 g/mol. The first-order chi connectivity index (χ1) is 67.4. The van der Waals surface area contributed by atoms with E-state index in [1.165, 1.54) is 180 Å². The zero-order valence-electron chi connectivity index (χ0n) is 90.7. The monoisotopic (exact) mass is 1960 g/mol. The molecule has 6 saturated heterocycles. The van der Waals surface area contributed by atoms with Crippen molar-refractivity contribution in [3.8, 4) is 0 Å². The fraction of sp³-hybridized carbons (Fsp3) is 0.949. The van der Waals surface area contributed by atoms with Crippen molar-refractivity contribution in [2.24, 2.45) is 168 Å². The number of fused-ring (bicyclic) bond motifs is 21. The zero-order valence-corrected chi connectivity index (χ0v) is 90.7. The minimum atomic E-state index is -0.625. The summed E-state index contributed by atoms with van der Waals surface area (Å²) in [5, 5.41) is 18.9. The lowest BCUT2D eigenvalue weighted by atomic mass is 9.44. The molecule has 15 saturated carbocycles. The first-order valence-electron chi connectivity index (χ1n) is 59.4. The van der Waals surface area contributed by atoms with Crippen LogP contribution in [0.25, 0.3) is 0 Å². The molecule has 0 radical (unpaired) electrons. The summed E-state index contributed by atoms with van der Waals surface area (Å²) in [6.07, 6.45) is 54.6. The summed E-state index contributed by atoms with van der Waals surface area (Å²) in [5.41, 5.74) is 13.0. The number of carbonyl (C=O) groups is 6. The molecule has 21 rings (SSSR count). The lowest BCUT2D eigenvalue weighted by Crippen LogP contribution is -2.57. The van der Waals surface area contributed by atoms with E-state index < -0.39 is 11.7 Å². The van der Waals surface area contributed by atoms with Crippen molar-refractivity contribution in [2.75, 3.05) is 72.2 Å². The topological polar surface area (TPSA) is 301 Å². The lowest BCUT2D eigenvalue weighted by Gasteiger charge is -2.61. The molecule has 0 aromatic carbocycles. The van der Waals surface area contributed by atoms with Crippen LogP contribution in [0.15, 0.2) is 0 Å². The number of nitrogens with two attached hydrogens (primary N) is 2. The Balaban J connectivity index is 0.000000135. The lowest BCUT2D eigenvalue weighted by molar-refractivity contribution is -0.273. The van der Waals surface area contributed by atoms with Crippen molar-refractivity contribution in [1.82, 2.24) is 46.6 Å². The largest absolute Gasteiger partial charge is 0.444 e. The van der Waals surface area contributed by atoms with Crippen LogP contribution in [0.1, 0.15) is 393 Å². The van der Waals surface area contributed by atoms with E-state index >= 15 is 0 Å². The summed E-state index contributed by atoms with van der Waals surface area (Å²) >= 11 is 0. The second kappa shape index (κ2) is 42.1. The molecular weight excluding hydrogens is 1770 g/mol. The fourth-order valence-electron chi connectivity index (χ4n) is 38.9. The van der Waals surface area contributed by atoms with Crippen LogP contribution in [0.4, 0.5) is 19.2 Å². The van der Waals surface area contributed by atoms with Crippen molar-refractivity contribution in [3.63, 3.8) is 0 Å². The Bertz CT molecular complexity index is 4280. The van der Waals surface area contributed by atoms with Crippen LogP contribution in [-0.4, -0.2) is 200 Å². The Hall–Kier alpha value is -4.30. The summed E-state index contributed by atoms with van der Waals surface area (Å²) in [6, 6.07) is 1.86. The smallest absolute Gasteiger partial charge is 0.408 e. The van der Waals surface area contributed by atoms with Crippen LogP contribution in [0.2, 0.25) is 0 Å². The molecule has 0 unspecified atom stereocenters. The van der Waals surface area contributed by atoms with Gasteiger partial charge in [-0.3, -0.25) is 9.59 Å². The summed E-state index contributed by atoms with van der Waals surface area (Å²) in [6.45, 7) is 41.0. The number of rotatable bonds is 17. The third kappa shape index (κ3) is 20.2. The van der Waals surface area contributed by atoms with E-state index in [9.17, 15) is 28.8 Å². The molecule has 141 heavy (non-hydrogen) atoms. The molecule has 24 nitrogen and oxygen atoms in total. The molecule has 6 aliphatic heterocycles. The SMILES string of the molecule is C[C@H]1CC[C@@]2(OC1)O[C@H]1C[C@H]3[C@@H]4CC[C@@H]5C[C@H](NC(=O)N(CCN)C6CCCCC6)CC[C@]5(C)[C@H]4CC[C@]3(C)[C@H]1[C@@H]2C.C[C@H]1CC[C@@]2(OC1)O[C@H]1C[C@H]3[C@@H]4CC[C@@H]5C[C@H](NC(=O)N(CCNC(=O)CN)C6CCCCC6)CC[C@]5(C)[C@H]4CC[C@]3(C)[C@H]1[C@@H]2C.C[C@H]1CC[C@@]2(OC1)O[C@H]1C[C@H]3[C@@H]4CC[C@@H]5C[C@H](NC(=O)N(CCNC(=O)CNC(=O)OC(C)(C)C)C6CCCCC6)CC[C@]5(C)[C@H]4CC[C@]3(C)[C@H]1[C@@H]2C. The van der Waals surface area contributed by atoms with Gasteiger partial charge < -0.3 is 91.2 Å². The maximum Gasteiger partial charge on any atom is 0.408 e. The van der Waals surface area contributed by atoms with Crippen LogP contribution in [0.5, 0.6) is 0 Å². The molecule has 21 aliphatic rings. The standard InChI is InChI=1S/C43H72N4O6.C38H64N4O4.C36H61N3O3/c1-27-15-20-43(51-26-27)28(2)37-35(52-43)24-34-32-14-13-29-23-30(16-18-41(29,6)33(32)17-19-42(34,37)7)46-38(49)47(31-11-9-8-10-12-31)22-21-44-36(48)25-45-39(50)53-40(3,4)5;1-24-12-17-38(45-23-24)25(2)34-32(46-38)21-31-29-11-10-26-20-27(13-15-36(26,3)30(29)14-16-37(31,34)4)41-35(44)42(19-18-40-33(43)22-39)28-8-6-5-7-9-28;1-23-12-17-36(41-22-23)24(2)32-31(42-36)21-30-28-11-10-25-20-26(13-15-34(25,3)29(28)14-16-35(30,32)4)38-33(40)39(19-18-37)27-8-6-5-7-9-27/h27-35,37H,8-26H2,1-7H3,(H,44,48)(H,45,50)(H,46,49);24-32,34H,5-23,39H2,1-4H3,(H,40,43)(H,41,44);23-32H,5-22,37H2,1-4H3,(H,38,40)/t27-,28-,29+,30+,32+,33-,34-,35-,37-,41-,42-,43+;24-,25-,26+,27+,29+,30-,31-,32-,34-,36-,37-,38+;23-,24-,25+,26+,28+,29-,30-,31-,32-,34-,35-,36+/m000/s1. The van der Waals surface area contributed by atoms with Crippen molar-refractivity contribution in [2.45, 2.75) is 470 Å². The van der Waals surface area contributed by atoms with E-state index in [0.717, 1.165) is 188 Å². The number of ether oxygens (including phenoxy) is 7. The molecular formula is C117H197N11O13. The minimum absolute atomic E-state index is 0.0111. The van der Waals surface area contributed by atoms with Crippen molar-refractivity contribution in [3.05, 3.63) is 0 Å². The van der Waals surface area contributed by atoms with Crippen molar-refractivity contribution in [1.29, 1.82) is 0 Å². The first kappa shape index (κ1) is 105. The second-order valence-corrected chi connectivity index (χ2v) is 54.8. The maximum atomic E-state index is 14.0. The van der Waals surface area contributed by atoms with E-state index in [1.807, 2.05) is 9.80 Å². The van der Waals surface area contributed by atoms with Crippen LogP contribution >= 0.6 is 0 Å². The summed E-state index contributed by atoms with van der Waals surface area (Å²) < 4.78 is 45.9. The molecule has 36 atom stereocenters. The predicted molar refractivity (Wildman–Crippen MR) is 551 cm³/mol. The minimum Gasteiger partial charge on any atom is -0.444 e. The van der Waals surface area contributed by atoms with E-state index in [2.05, 4.69) is 120 Å². The van der Waals surface area contributed by atoms with Gasteiger partial charge in [-0.2, -0.15) is 0 Å². The van der Waals surface area contributed by atoms with E-state index in [4.69, 9.17) is 44.6 Å². The van der Waals surface area contributed by atoms with Gasteiger partial charge in [0.05, 0.1) is 51.2 Å². The van der Waals surface area contributed by atoms with E-state index in [0.29, 0.717) is 167 Å². The van der Waals surface area contributed by atoms with Crippen LogP contribution in [0, 0.1) is 157 Å². The van der Waals surface area contributed by atoms with Crippen LogP contribution in [0.3, 0.4) is 0 Å². The molecule has 0 aromatic rings. The van der Waals surface area contributed by atoms with Gasteiger partial charge in [0.1, 0.15) is 5.60 Å². The second-order valence-electron chi connectivity index (χ2n) is 54.8. The van der Waals surface area contributed by atoms with Gasteiger partial charge in [-0.15, -0.1) is 0 Å². The molecule has 15 aliphatic carbocycles. The van der Waals surface area contributed by atoms with Crippen molar-refractivity contribution >= 4 is 36.0 Å². The first-order valence-corrected chi connectivity index (χ1v) is 59.4. The number of nitrogens with one attached hydrogen (secondary N) is 6. The summed E-state index contributed by atoms with van der Waals surface area (Å²) in [5.74, 6) is 13.0. The molecule has 10 N–H and O–H groups in total. The number of nitrogens with zero attached hydrogens (tertiary/aromatic N) is 3. The third-order valence-corrected chi connectivity index (χ3v) is 46.3. The Kier molecular flexibility index (Phi) is 31.4. The molecule has 9 amide bonds. The van der Waals surface area contributed by atoms with E-state index in [-0.39, 0.29) is 84.5 Å². The third-order valence-electron chi connectivity index (χ3n) is 46.3. The highest BCUT2D eigenvalue weighted by molar-refractivity contribution is 5.82. The molecule has 798 valence electrons. The summed E-state index contributed by atoms with van der Waals surface area (Å²) in [7, 11) is 0. The van der Waals surface area contributed by atoms with Gasteiger partial charge in [0.25, 0.3) is 0 Å². The average Bonchev–Trinajstić information content (AvgIpc) is 1.56. The molecule has 0 aromatic heterocycles. The van der Waals surface area contributed by atoms with Gasteiger partial charge in [0.15, 0.2) is 17.4 Å². The maximum absolute atomic E-state index is 14.0. The normalized spacial score (nSPS) is 46.3. The predicted octanol–water partition coefficient (Wildman–Crippen LogP) is 21.1. The highest BCUT2D eigenvalue weighted by Crippen LogP contribution is 2.76. The Morgan fingerprint density at radius 1 is 0.348 bits per heavy atom. The molecule has 0 bridgehead atoms. The number of carbonyl (C=O) groups excluding carboxylic acids is 6. The van der Waals surface area contributed by atoms with Crippen LogP contribution < -0.4 is 43.4 Å². The number of alkyl carbamates (subject to hydrolysis) is 1. The van der Waals surface area contributed by atoms with Gasteiger partial charge in [0.2, 0.25) is 11.8 Å². The Morgan fingerprint density at radius 2 is 0.660 bits per heavy atom. The van der Waals surface area contributed by atoms with Gasteiger partial charge in [-0.25, -0.2) is 19.2 Å². The molecule has 3 spiro atoms. The summed E-state index contributed by atoms with van der Waals surface area (Å²) in [4.78, 5) is 83.7. The molecule has 6 heterocycles. The van der Waals surface area contributed by atoms with E-state index in [1.54, 1.807) is 20.8 Å². The van der Waals surface area contributed by atoms with Gasteiger partial charge >= 0.3 is 24.2 Å². The Morgan fingerprint density at radius 3 is 0.957 bits per heavy atom. The molecule has 24 heteroatoms. The number of amides is 9. The van der Waals surface area contributed by atoms with Gasteiger partial charge in [0, 0.05) is 113 Å². The zero-order chi connectivity index (χ0) is 99.3. The van der Waals surface area contributed by atoms with Crippen molar-refractivity contribution < 1.29 is 61.9 Å². The number of hydrogen-bond acceptors (Lipinski definition) is 15. The Labute approximate surface area is 850 Å². The highest BCUT2D eigenvalue weighted by Gasteiger charge is 2.74. The number of hydrogen-bond donors (Lipinski definition) is 8. The quantitative estimate of drug-likeness (QED) is 0.0671.